The maximum Gasteiger partial charge on any atom is 0.319 e. The molecule has 0 N–H and O–H groups in total. The van der Waals surface area contributed by atoms with E-state index < -0.39 is 0 Å². The zero-order chi connectivity index (χ0) is 34.0. The number of benzene rings is 4. The van der Waals surface area contributed by atoms with Crippen LogP contribution < -0.4 is 20.6 Å². The number of aryl methyl sites for hydroxylation is 6. The zero-order valence-corrected chi connectivity index (χ0v) is 32.2. The maximum absolute atomic E-state index is 6.52. The van der Waals surface area contributed by atoms with E-state index in [-0.39, 0.29) is 27.9 Å². The van der Waals surface area contributed by atoms with Crippen molar-refractivity contribution in [2.45, 2.75) is 67.2 Å². The third kappa shape index (κ3) is 5.86. The average molecular weight is 837 g/mol. The van der Waals surface area contributed by atoms with Crippen LogP contribution in [0.25, 0.3) is 21.9 Å². The van der Waals surface area contributed by atoms with Gasteiger partial charge in [0.1, 0.15) is 0 Å². The Morgan fingerprint density at radius 1 is 0.720 bits per heavy atom. The topological polar surface area (TPSA) is 33.5 Å². The fourth-order valence-corrected chi connectivity index (χ4v) is 8.53. The molecule has 8 rings (SSSR count). The molecule has 6 aromatic rings. The predicted octanol–water partition coefficient (Wildman–Crippen LogP) is 8.74. The van der Waals surface area contributed by atoms with E-state index in [9.17, 15) is 0 Å². The molecular formula is C43H42BN4OPt-3. The largest absolute Gasteiger partial charge is 0.508 e. The number of pyridine rings is 1. The summed E-state index contributed by atoms with van der Waals surface area (Å²) in [7, 11) is 2.14. The Kier molecular flexibility index (Phi) is 9.20. The van der Waals surface area contributed by atoms with Gasteiger partial charge >= 0.3 is 6.85 Å². The second-order valence-electron chi connectivity index (χ2n) is 14.1. The van der Waals surface area contributed by atoms with Gasteiger partial charge in [0.2, 0.25) is 0 Å². The molecule has 256 valence electrons. The van der Waals surface area contributed by atoms with Gasteiger partial charge in [0, 0.05) is 61.2 Å². The number of ether oxygens (including phenoxy) is 1. The molecule has 1 aliphatic heterocycles. The molecule has 2 aliphatic rings. The van der Waals surface area contributed by atoms with E-state index in [1.165, 1.54) is 68.5 Å². The maximum atomic E-state index is 6.52. The number of anilines is 1. The Hall–Kier alpha value is -4.28. The van der Waals surface area contributed by atoms with E-state index in [0.717, 1.165) is 40.5 Å². The fraction of sp³-hybridized carbons (Fsp3) is 0.256. The van der Waals surface area contributed by atoms with Crippen LogP contribution >= 0.6 is 0 Å². The summed E-state index contributed by atoms with van der Waals surface area (Å²) in [6.07, 6.45) is 6.55. The summed E-state index contributed by atoms with van der Waals surface area (Å²) in [5.41, 5.74) is 17.2. The van der Waals surface area contributed by atoms with Gasteiger partial charge in [0.15, 0.2) is 0 Å². The molecule has 0 saturated heterocycles. The molecule has 1 aliphatic carbocycles. The van der Waals surface area contributed by atoms with Gasteiger partial charge in [0.05, 0.1) is 0 Å². The van der Waals surface area contributed by atoms with Crippen molar-refractivity contribution >= 4 is 45.4 Å². The summed E-state index contributed by atoms with van der Waals surface area (Å²) in [5, 5.41) is 0.950. The summed E-state index contributed by atoms with van der Waals surface area (Å²) in [4.78, 5) is 9.47. The molecule has 0 fully saturated rings. The Morgan fingerprint density at radius 2 is 1.34 bits per heavy atom. The molecule has 50 heavy (non-hydrogen) atoms. The third-order valence-electron chi connectivity index (χ3n) is 10.4. The molecular weight excluding hydrogens is 794 g/mol. The molecule has 0 spiro atoms. The SMILES string of the molecule is Cc1cc(C)c(B(c2c(C)cc(C)cc2C)n2c3ccc(Oc4[c-]c(N5[CH-]N(C)C6=C5CCCC6)ccc4)[c-]c3c3ncccc32)c(C)c1.[Pt]. The quantitative estimate of drug-likeness (QED) is 0.124. The Morgan fingerprint density at radius 3 is 2.00 bits per heavy atom. The number of nitrogens with zero attached hydrogens (tertiary/aromatic N) is 4. The van der Waals surface area contributed by atoms with Gasteiger partial charge in [-0.15, -0.1) is 30.0 Å². The number of fused-ring (bicyclic) bond motifs is 3. The normalized spacial score (nSPS) is 14.4. The number of rotatable bonds is 6. The minimum Gasteiger partial charge on any atom is -0.508 e. The van der Waals surface area contributed by atoms with E-state index in [1.54, 1.807) is 0 Å². The minimum absolute atomic E-state index is 0. The van der Waals surface area contributed by atoms with Crippen LogP contribution in [0.3, 0.4) is 0 Å². The predicted molar refractivity (Wildman–Crippen MR) is 203 cm³/mol. The first-order chi connectivity index (χ1) is 23.7. The molecule has 0 atom stereocenters. The summed E-state index contributed by atoms with van der Waals surface area (Å²) < 4.78 is 9.00. The van der Waals surface area contributed by atoms with Crippen molar-refractivity contribution in [2.24, 2.45) is 0 Å². The van der Waals surface area contributed by atoms with Gasteiger partial charge in [-0.2, -0.15) is 12.7 Å². The van der Waals surface area contributed by atoms with Crippen LogP contribution in [0.15, 0.2) is 84.3 Å². The van der Waals surface area contributed by atoms with Crippen LogP contribution in [0.5, 0.6) is 11.5 Å². The first-order valence-electron chi connectivity index (χ1n) is 17.4. The van der Waals surface area contributed by atoms with Crippen molar-refractivity contribution in [3.05, 3.63) is 137 Å². The van der Waals surface area contributed by atoms with Crippen molar-refractivity contribution in [3.63, 3.8) is 0 Å². The van der Waals surface area contributed by atoms with Crippen molar-refractivity contribution in [2.75, 3.05) is 11.9 Å². The number of allylic oxidation sites excluding steroid dienone is 2. The second-order valence-corrected chi connectivity index (χ2v) is 14.1. The third-order valence-corrected chi connectivity index (χ3v) is 10.4. The smallest absolute Gasteiger partial charge is 0.319 e. The van der Waals surface area contributed by atoms with Gasteiger partial charge in [-0.1, -0.05) is 80.7 Å². The molecule has 0 unspecified atom stereocenters. The molecule has 7 heteroatoms. The molecule has 5 nitrogen and oxygen atoms in total. The van der Waals surface area contributed by atoms with Gasteiger partial charge in [0.25, 0.3) is 0 Å². The van der Waals surface area contributed by atoms with Gasteiger partial charge in [-0.05, 0) is 97.3 Å². The molecule has 0 bridgehead atoms. The first-order valence-corrected chi connectivity index (χ1v) is 17.4. The molecule has 0 radical (unpaired) electrons. The van der Waals surface area contributed by atoms with Crippen molar-refractivity contribution < 1.29 is 25.8 Å². The average Bonchev–Trinajstić information content (AvgIpc) is 3.58. The molecule has 2 aromatic heterocycles. The zero-order valence-electron chi connectivity index (χ0n) is 29.9. The van der Waals surface area contributed by atoms with E-state index in [2.05, 4.69) is 124 Å². The number of hydrogen-bond acceptors (Lipinski definition) is 4. The van der Waals surface area contributed by atoms with Crippen LogP contribution in [0.2, 0.25) is 0 Å². The second kappa shape index (κ2) is 13.5. The van der Waals surface area contributed by atoms with Crippen molar-refractivity contribution in [1.29, 1.82) is 0 Å². The van der Waals surface area contributed by atoms with E-state index in [0.29, 0.717) is 11.5 Å². The van der Waals surface area contributed by atoms with E-state index >= 15 is 0 Å². The standard InChI is InChI=1S/C43H42BN4O.Pt/c1-27-20-29(3)41(30(4)21-27)44(42-31(5)22-28(2)23-32(42)6)48-37-18-17-35(25-36(37)43-40(48)16-11-19-45-43)49-34-13-10-12-33(24-34)47-26-46(7)38-14-8-9-15-39(38)47;/h10-13,16-23,26H,8-9,14-15H2,1-7H3;/q-3;. The van der Waals surface area contributed by atoms with Gasteiger partial charge < -0.3 is 24.0 Å². The van der Waals surface area contributed by atoms with Gasteiger partial charge in [-0.3, -0.25) is 0 Å². The summed E-state index contributed by atoms with van der Waals surface area (Å²) >= 11 is 0. The molecule has 0 amide bonds. The number of hydrogen-bond donors (Lipinski definition) is 0. The summed E-state index contributed by atoms with van der Waals surface area (Å²) in [6.45, 7) is 15.5. The van der Waals surface area contributed by atoms with E-state index in [4.69, 9.17) is 9.72 Å². The van der Waals surface area contributed by atoms with Crippen molar-refractivity contribution in [3.8, 4) is 11.5 Å². The van der Waals surface area contributed by atoms with Gasteiger partial charge in [-0.25, -0.2) is 0 Å². The van der Waals surface area contributed by atoms with E-state index in [1.807, 2.05) is 30.5 Å². The van der Waals surface area contributed by atoms with Crippen LogP contribution in [0, 0.1) is 60.3 Å². The Labute approximate surface area is 311 Å². The summed E-state index contributed by atoms with van der Waals surface area (Å²) in [6, 6.07) is 31.0. The van der Waals surface area contributed by atoms with Crippen LogP contribution in [0.1, 0.15) is 59.1 Å². The summed E-state index contributed by atoms with van der Waals surface area (Å²) in [5.74, 6) is 1.31. The Balaban J connectivity index is 0.00000392. The fourth-order valence-electron chi connectivity index (χ4n) is 8.53. The van der Waals surface area contributed by atoms with Crippen LogP contribution in [-0.2, 0) is 21.1 Å². The molecule has 0 saturated carbocycles. The van der Waals surface area contributed by atoms with Crippen LogP contribution in [0.4, 0.5) is 5.69 Å². The number of aromatic nitrogens is 2. The monoisotopic (exact) mass is 836 g/mol. The van der Waals surface area contributed by atoms with Crippen molar-refractivity contribution in [1.82, 2.24) is 14.4 Å². The van der Waals surface area contributed by atoms with Crippen LogP contribution in [-0.4, -0.2) is 28.3 Å². The molecule has 4 aromatic carbocycles. The first kappa shape index (κ1) is 34.2. The minimum atomic E-state index is -0.0515. The Bertz CT molecular complexity index is 2200. The molecule has 3 heterocycles.